The molecule has 0 spiro atoms. The van der Waals surface area contributed by atoms with Crippen molar-refractivity contribution in [1.82, 2.24) is 14.1 Å². The van der Waals surface area contributed by atoms with Crippen molar-refractivity contribution in [3.05, 3.63) is 81.3 Å². The number of benzene rings is 2. The molecular weight excluding hydrogens is 561 g/mol. The van der Waals surface area contributed by atoms with E-state index in [0.29, 0.717) is 30.3 Å². The number of fused-ring (bicyclic) bond motifs is 1. The smallest absolute Gasteiger partial charge is 0.243 e. The molecule has 0 bridgehead atoms. The summed E-state index contributed by atoms with van der Waals surface area (Å²) in [7, 11) is -3.93. The number of ether oxygens (including phenoxy) is 1. The van der Waals surface area contributed by atoms with E-state index in [0.717, 1.165) is 31.5 Å². The van der Waals surface area contributed by atoms with Gasteiger partial charge in [0.25, 0.3) is 0 Å². The third-order valence-electron chi connectivity index (χ3n) is 7.26. The molecule has 1 saturated heterocycles. The minimum Gasteiger partial charge on any atom is -0.491 e. The van der Waals surface area contributed by atoms with E-state index in [2.05, 4.69) is 4.90 Å². The number of nitrogens with zero attached hydrogens (tertiary/aromatic N) is 3. The Morgan fingerprint density at radius 3 is 2.49 bits per heavy atom. The van der Waals surface area contributed by atoms with Gasteiger partial charge in [0.2, 0.25) is 15.9 Å². The number of hydrogen-bond donors (Lipinski definition) is 0. The van der Waals surface area contributed by atoms with Crippen molar-refractivity contribution < 1.29 is 22.3 Å². The van der Waals surface area contributed by atoms with Gasteiger partial charge < -0.3 is 14.5 Å². The number of rotatable bonds is 10. The van der Waals surface area contributed by atoms with Gasteiger partial charge in [0.1, 0.15) is 18.2 Å². The van der Waals surface area contributed by atoms with E-state index in [-0.39, 0.29) is 42.4 Å². The Balaban J connectivity index is 1.36. The molecule has 0 unspecified atom stereocenters. The lowest BCUT2D eigenvalue weighted by Gasteiger charge is -2.37. The molecular formula is C28H31ClFN3O4S2. The van der Waals surface area contributed by atoms with Crippen LogP contribution in [0.25, 0.3) is 0 Å². The van der Waals surface area contributed by atoms with Crippen LogP contribution in [0.3, 0.4) is 0 Å². The topological polar surface area (TPSA) is 70.2 Å². The summed E-state index contributed by atoms with van der Waals surface area (Å²) in [6, 6.07) is 13.4. The third kappa shape index (κ3) is 6.63. The van der Waals surface area contributed by atoms with Gasteiger partial charge in [0.15, 0.2) is 0 Å². The van der Waals surface area contributed by atoms with Gasteiger partial charge >= 0.3 is 0 Å². The predicted octanol–water partition coefficient (Wildman–Crippen LogP) is 4.83. The fourth-order valence-electron chi connectivity index (χ4n) is 5.12. The van der Waals surface area contributed by atoms with Crippen LogP contribution in [-0.4, -0.2) is 74.3 Å². The highest BCUT2D eigenvalue weighted by Crippen LogP contribution is 2.34. The molecule has 7 nitrogen and oxygen atoms in total. The molecule has 1 amide bonds. The summed E-state index contributed by atoms with van der Waals surface area (Å²) < 4.78 is 48.0. The van der Waals surface area contributed by atoms with Crippen LogP contribution in [0.2, 0.25) is 5.02 Å². The van der Waals surface area contributed by atoms with E-state index in [4.69, 9.17) is 16.3 Å². The molecule has 3 heterocycles. The van der Waals surface area contributed by atoms with Gasteiger partial charge in [-0.15, -0.1) is 11.3 Å². The standard InChI is InChI=1S/C28H31ClFN3O4S2/c29-21-3-9-24(10-4-21)39(35,36)32(17-16-31-13-1-2-14-31)19-28(34)33-15-11-27-25(12-18-38-27)26(33)20-37-23-7-5-22(30)6-8-23/h3-10,12,18,26H,1-2,11,13-17,19-20H2/t26-/m1/s1. The molecule has 0 N–H and O–H groups in total. The maximum absolute atomic E-state index is 13.8. The fraction of sp³-hybridized carbons (Fsp3) is 0.393. The van der Waals surface area contributed by atoms with Crippen LogP contribution >= 0.6 is 22.9 Å². The van der Waals surface area contributed by atoms with Crippen molar-refractivity contribution in [2.75, 3.05) is 45.9 Å². The molecule has 1 atom stereocenters. The Kier molecular flexibility index (Phi) is 8.88. The highest BCUT2D eigenvalue weighted by Gasteiger charge is 2.35. The number of halogens is 2. The van der Waals surface area contributed by atoms with Crippen molar-refractivity contribution in [2.45, 2.75) is 30.2 Å². The third-order valence-corrected chi connectivity index (χ3v) is 10.4. The van der Waals surface area contributed by atoms with Crippen LogP contribution < -0.4 is 4.74 Å². The molecule has 5 rings (SSSR count). The zero-order valence-corrected chi connectivity index (χ0v) is 23.9. The molecule has 11 heteroatoms. The number of amides is 1. The molecule has 2 aliphatic rings. The van der Waals surface area contributed by atoms with Gasteiger partial charge in [-0.25, -0.2) is 12.8 Å². The van der Waals surface area contributed by atoms with Gasteiger partial charge in [-0.3, -0.25) is 4.79 Å². The molecule has 1 fully saturated rings. The van der Waals surface area contributed by atoms with E-state index < -0.39 is 10.0 Å². The van der Waals surface area contributed by atoms with Crippen molar-refractivity contribution in [2.24, 2.45) is 0 Å². The van der Waals surface area contributed by atoms with Crippen molar-refractivity contribution in [1.29, 1.82) is 0 Å². The average Bonchev–Trinajstić information content (AvgIpc) is 3.63. The molecule has 0 saturated carbocycles. The maximum Gasteiger partial charge on any atom is 0.243 e. The van der Waals surface area contributed by atoms with Crippen molar-refractivity contribution >= 4 is 38.9 Å². The minimum atomic E-state index is -3.93. The monoisotopic (exact) mass is 591 g/mol. The summed E-state index contributed by atoms with van der Waals surface area (Å²) in [4.78, 5) is 19.1. The summed E-state index contributed by atoms with van der Waals surface area (Å²) in [6.07, 6.45) is 2.88. The molecule has 0 radical (unpaired) electrons. The second kappa shape index (κ2) is 12.3. The second-order valence-corrected chi connectivity index (χ2v) is 13.1. The Labute approximate surface area is 237 Å². The highest BCUT2D eigenvalue weighted by atomic mass is 35.5. The van der Waals surface area contributed by atoms with Gasteiger partial charge in [-0.05, 0) is 97.9 Å². The molecule has 2 aromatic carbocycles. The fourth-order valence-corrected chi connectivity index (χ4v) is 7.56. The minimum absolute atomic E-state index is 0.107. The Hall–Kier alpha value is -2.50. The Morgan fingerprint density at radius 2 is 1.77 bits per heavy atom. The normalized spacial score (nSPS) is 17.9. The van der Waals surface area contributed by atoms with E-state index in [1.807, 2.05) is 11.4 Å². The van der Waals surface area contributed by atoms with E-state index in [1.165, 1.54) is 33.4 Å². The lowest BCUT2D eigenvalue weighted by molar-refractivity contribution is -0.135. The quantitative estimate of drug-likeness (QED) is 0.338. The van der Waals surface area contributed by atoms with Gasteiger partial charge in [0.05, 0.1) is 17.5 Å². The van der Waals surface area contributed by atoms with E-state index in [1.54, 1.807) is 40.5 Å². The van der Waals surface area contributed by atoms with Gasteiger partial charge in [-0.1, -0.05) is 11.6 Å². The number of carbonyl (C=O) groups is 1. The summed E-state index contributed by atoms with van der Waals surface area (Å²) in [5, 5.41) is 2.44. The second-order valence-electron chi connectivity index (χ2n) is 9.76. The van der Waals surface area contributed by atoms with Crippen LogP contribution in [0.4, 0.5) is 4.39 Å². The molecule has 3 aromatic rings. The molecule has 208 valence electrons. The van der Waals surface area contributed by atoms with Gasteiger partial charge in [0, 0.05) is 29.5 Å². The van der Waals surface area contributed by atoms with E-state index in [9.17, 15) is 17.6 Å². The van der Waals surface area contributed by atoms with Crippen LogP contribution in [-0.2, 0) is 21.2 Å². The first-order valence-corrected chi connectivity index (χ1v) is 15.7. The SMILES string of the molecule is O=C(CN(CCN1CCCC1)S(=O)(=O)c1ccc(Cl)cc1)N1CCc2sccc2[C@H]1COc1ccc(F)cc1. The van der Waals surface area contributed by atoms with E-state index >= 15 is 0 Å². The average molecular weight is 592 g/mol. The predicted molar refractivity (Wildman–Crippen MR) is 150 cm³/mol. The highest BCUT2D eigenvalue weighted by molar-refractivity contribution is 7.89. The lowest BCUT2D eigenvalue weighted by Crippen LogP contribution is -2.49. The molecule has 1 aromatic heterocycles. The lowest BCUT2D eigenvalue weighted by atomic mass is 10.0. The zero-order chi connectivity index (χ0) is 27.4. The largest absolute Gasteiger partial charge is 0.491 e. The Morgan fingerprint density at radius 1 is 1.05 bits per heavy atom. The summed E-state index contributed by atoms with van der Waals surface area (Å²) in [5.74, 6) is -0.130. The number of carbonyl (C=O) groups excluding carboxylic acids is 1. The molecule has 39 heavy (non-hydrogen) atoms. The summed E-state index contributed by atoms with van der Waals surface area (Å²) in [6.45, 7) is 3.00. The molecule has 2 aliphatic heterocycles. The van der Waals surface area contributed by atoms with Crippen LogP contribution in [0.15, 0.2) is 64.9 Å². The first kappa shape index (κ1) is 28.0. The number of likely N-dealkylation sites (tertiary alicyclic amines) is 1. The number of thiophene rings is 1. The number of hydrogen-bond acceptors (Lipinski definition) is 6. The van der Waals surface area contributed by atoms with Crippen LogP contribution in [0, 0.1) is 5.82 Å². The first-order valence-electron chi connectivity index (χ1n) is 13.0. The zero-order valence-electron chi connectivity index (χ0n) is 21.5. The van der Waals surface area contributed by atoms with Gasteiger partial charge in [-0.2, -0.15) is 4.31 Å². The summed E-state index contributed by atoms with van der Waals surface area (Å²) in [5.41, 5.74) is 1.01. The maximum atomic E-state index is 13.8. The van der Waals surface area contributed by atoms with Crippen LogP contribution in [0.1, 0.15) is 29.3 Å². The van der Waals surface area contributed by atoms with Crippen molar-refractivity contribution in [3.8, 4) is 5.75 Å². The first-order chi connectivity index (χ1) is 18.8. The summed E-state index contributed by atoms with van der Waals surface area (Å²) >= 11 is 7.64. The number of sulfonamides is 1. The van der Waals surface area contributed by atoms with Crippen LogP contribution in [0.5, 0.6) is 5.75 Å². The van der Waals surface area contributed by atoms with Crippen molar-refractivity contribution in [3.63, 3.8) is 0 Å². The Bertz CT molecular complexity index is 1380. The molecule has 0 aliphatic carbocycles.